The van der Waals surface area contributed by atoms with Gasteiger partial charge in [-0.15, -0.1) is 0 Å². The number of aromatic nitrogens is 2. The highest BCUT2D eigenvalue weighted by Crippen LogP contribution is 2.27. The first-order chi connectivity index (χ1) is 9.36. The summed E-state index contributed by atoms with van der Waals surface area (Å²) in [6.45, 7) is 1.52. The summed E-state index contributed by atoms with van der Waals surface area (Å²) in [5.74, 6) is -1.99. The van der Waals surface area contributed by atoms with Crippen molar-refractivity contribution in [1.82, 2.24) is 9.55 Å². The number of anilines is 1. The zero-order chi connectivity index (χ0) is 15.0. The Kier molecular flexibility index (Phi) is 3.76. The van der Waals surface area contributed by atoms with Gasteiger partial charge in [0.15, 0.2) is 5.69 Å². The molecule has 1 aromatic heterocycles. The molecular weight excluding hydrogens is 336 g/mol. The number of carbonyl (C=O) groups is 1. The minimum atomic E-state index is -0.748. The second-order valence-corrected chi connectivity index (χ2v) is 4.79. The van der Waals surface area contributed by atoms with Gasteiger partial charge >= 0.3 is 5.97 Å². The lowest BCUT2D eigenvalue weighted by Gasteiger charge is -2.10. The predicted molar refractivity (Wildman–Crippen MR) is 71.7 cm³/mol. The number of nitrogens with zero attached hydrogens (tertiary/aromatic N) is 2. The highest BCUT2D eigenvalue weighted by atomic mass is 79.9. The van der Waals surface area contributed by atoms with Crippen LogP contribution in [-0.2, 0) is 4.74 Å². The summed E-state index contributed by atoms with van der Waals surface area (Å²) in [4.78, 5) is 15.4. The zero-order valence-corrected chi connectivity index (χ0v) is 12.2. The molecular formula is C12H10BrF2N3O2. The summed E-state index contributed by atoms with van der Waals surface area (Å²) in [6.07, 6.45) is 0. The molecule has 0 atom stereocenters. The number of hydrogen-bond donors (Lipinski definition) is 1. The number of hydrogen-bond acceptors (Lipinski definition) is 4. The number of methoxy groups -OCH3 is 1. The number of halogens is 3. The fraction of sp³-hybridized carbons (Fsp3) is 0.167. The van der Waals surface area contributed by atoms with Gasteiger partial charge in [-0.05, 0) is 28.9 Å². The minimum absolute atomic E-state index is 0.0109. The van der Waals surface area contributed by atoms with Gasteiger partial charge in [0.1, 0.15) is 23.3 Å². The van der Waals surface area contributed by atoms with Gasteiger partial charge in [-0.1, -0.05) is 0 Å². The molecule has 0 saturated heterocycles. The van der Waals surface area contributed by atoms with E-state index in [-0.39, 0.29) is 27.5 Å². The SMILES string of the molecule is COC(=O)c1nc(C)n(-c2cc(F)c(Br)cc2F)c1N. The number of carbonyl (C=O) groups excluding carboxylic acids is 1. The van der Waals surface area contributed by atoms with Gasteiger partial charge in [0, 0.05) is 6.07 Å². The molecule has 2 N–H and O–H groups in total. The van der Waals surface area contributed by atoms with Crippen LogP contribution in [0, 0.1) is 18.6 Å². The van der Waals surface area contributed by atoms with Gasteiger partial charge in [0.05, 0.1) is 17.3 Å². The highest BCUT2D eigenvalue weighted by Gasteiger charge is 2.22. The normalized spacial score (nSPS) is 10.7. The van der Waals surface area contributed by atoms with Crippen molar-refractivity contribution in [1.29, 1.82) is 0 Å². The molecule has 0 radical (unpaired) electrons. The maximum absolute atomic E-state index is 14.0. The van der Waals surface area contributed by atoms with E-state index in [9.17, 15) is 13.6 Å². The van der Waals surface area contributed by atoms with Crippen LogP contribution in [-0.4, -0.2) is 22.6 Å². The van der Waals surface area contributed by atoms with Gasteiger partial charge in [-0.25, -0.2) is 18.6 Å². The fourth-order valence-corrected chi connectivity index (χ4v) is 2.10. The molecule has 0 aliphatic heterocycles. The molecule has 2 aromatic rings. The van der Waals surface area contributed by atoms with Crippen molar-refractivity contribution < 1.29 is 18.3 Å². The number of nitrogen functional groups attached to an aromatic ring is 1. The van der Waals surface area contributed by atoms with Crippen molar-refractivity contribution in [2.75, 3.05) is 12.8 Å². The Labute approximate surface area is 121 Å². The molecule has 5 nitrogen and oxygen atoms in total. The Bertz CT molecular complexity index is 700. The standard InChI is InChI=1S/C12H10BrF2N3O2/c1-5-17-10(12(19)20-2)11(16)18(5)9-4-7(14)6(13)3-8(9)15/h3-4H,16H2,1-2H3. The first-order valence-electron chi connectivity index (χ1n) is 5.44. The molecule has 0 fully saturated rings. The van der Waals surface area contributed by atoms with Crippen molar-refractivity contribution in [3.05, 3.63) is 39.8 Å². The first-order valence-corrected chi connectivity index (χ1v) is 6.24. The molecule has 20 heavy (non-hydrogen) atoms. The van der Waals surface area contributed by atoms with Gasteiger partial charge in [0.25, 0.3) is 0 Å². The topological polar surface area (TPSA) is 70.1 Å². The number of esters is 1. The van der Waals surface area contributed by atoms with Gasteiger partial charge in [0.2, 0.25) is 0 Å². The lowest BCUT2D eigenvalue weighted by Crippen LogP contribution is -2.09. The summed E-state index contributed by atoms with van der Waals surface area (Å²) in [5, 5.41) is 0. The lowest BCUT2D eigenvalue weighted by atomic mass is 10.3. The molecule has 0 spiro atoms. The van der Waals surface area contributed by atoms with Crippen LogP contribution in [0.2, 0.25) is 0 Å². The third kappa shape index (κ3) is 2.26. The van der Waals surface area contributed by atoms with Gasteiger partial charge in [-0.2, -0.15) is 0 Å². The van der Waals surface area contributed by atoms with E-state index in [1.54, 1.807) is 0 Å². The van der Waals surface area contributed by atoms with E-state index in [1.807, 2.05) is 0 Å². The van der Waals surface area contributed by atoms with Crippen LogP contribution in [0.15, 0.2) is 16.6 Å². The Hall–Kier alpha value is -1.96. The van der Waals surface area contributed by atoms with E-state index < -0.39 is 17.6 Å². The number of nitrogens with two attached hydrogens (primary N) is 1. The summed E-state index contributed by atoms with van der Waals surface area (Å²) in [5.41, 5.74) is 5.49. The zero-order valence-electron chi connectivity index (χ0n) is 10.6. The Morgan fingerprint density at radius 1 is 1.40 bits per heavy atom. The van der Waals surface area contributed by atoms with Crippen LogP contribution in [0.5, 0.6) is 0 Å². The molecule has 1 heterocycles. The van der Waals surface area contributed by atoms with Crippen molar-refractivity contribution in [2.45, 2.75) is 6.92 Å². The maximum Gasteiger partial charge on any atom is 0.360 e. The average molecular weight is 346 g/mol. The average Bonchev–Trinajstić information content (AvgIpc) is 2.69. The van der Waals surface area contributed by atoms with Crippen molar-refractivity contribution >= 4 is 27.7 Å². The van der Waals surface area contributed by atoms with Gasteiger partial charge in [-0.3, -0.25) is 4.57 Å². The van der Waals surface area contributed by atoms with E-state index in [0.29, 0.717) is 0 Å². The van der Waals surface area contributed by atoms with Gasteiger partial charge < -0.3 is 10.5 Å². The summed E-state index contributed by atoms with van der Waals surface area (Å²) < 4.78 is 33.2. The molecule has 2 rings (SSSR count). The number of imidazole rings is 1. The molecule has 0 unspecified atom stereocenters. The summed E-state index contributed by atoms with van der Waals surface area (Å²) >= 11 is 2.88. The van der Waals surface area contributed by atoms with E-state index in [1.165, 1.54) is 14.0 Å². The highest BCUT2D eigenvalue weighted by molar-refractivity contribution is 9.10. The van der Waals surface area contributed by atoms with Crippen LogP contribution in [0.1, 0.15) is 16.3 Å². The molecule has 0 bridgehead atoms. The van der Waals surface area contributed by atoms with Crippen molar-refractivity contribution in [3.8, 4) is 5.69 Å². The van der Waals surface area contributed by atoms with Crippen LogP contribution in [0.25, 0.3) is 5.69 Å². The lowest BCUT2D eigenvalue weighted by molar-refractivity contribution is 0.0596. The minimum Gasteiger partial charge on any atom is -0.464 e. The maximum atomic E-state index is 14.0. The first kappa shape index (κ1) is 14.4. The van der Waals surface area contributed by atoms with Crippen LogP contribution < -0.4 is 5.73 Å². The second kappa shape index (κ2) is 5.20. The van der Waals surface area contributed by atoms with Crippen molar-refractivity contribution in [2.24, 2.45) is 0 Å². The second-order valence-electron chi connectivity index (χ2n) is 3.94. The van der Waals surface area contributed by atoms with E-state index in [4.69, 9.17) is 5.73 Å². The van der Waals surface area contributed by atoms with E-state index in [2.05, 4.69) is 25.7 Å². The largest absolute Gasteiger partial charge is 0.464 e. The summed E-state index contributed by atoms with van der Waals surface area (Å²) in [7, 11) is 1.18. The molecule has 1 aromatic carbocycles. The number of benzene rings is 1. The molecule has 0 saturated carbocycles. The quantitative estimate of drug-likeness (QED) is 0.670. The van der Waals surface area contributed by atoms with Crippen LogP contribution >= 0.6 is 15.9 Å². The Morgan fingerprint density at radius 2 is 2.05 bits per heavy atom. The van der Waals surface area contributed by atoms with E-state index in [0.717, 1.165) is 16.7 Å². The summed E-state index contributed by atoms with van der Waals surface area (Å²) in [6, 6.07) is 1.94. The molecule has 0 aliphatic rings. The molecule has 106 valence electrons. The predicted octanol–water partition coefficient (Wildman–Crippen LogP) is 2.59. The third-order valence-corrected chi connectivity index (χ3v) is 3.30. The fourth-order valence-electron chi connectivity index (χ4n) is 1.78. The smallest absolute Gasteiger partial charge is 0.360 e. The number of rotatable bonds is 2. The number of aryl methyl sites for hydroxylation is 1. The third-order valence-electron chi connectivity index (χ3n) is 2.69. The van der Waals surface area contributed by atoms with Crippen LogP contribution in [0.3, 0.4) is 0 Å². The van der Waals surface area contributed by atoms with Crippen LogP contribution in [0.4, 0.5) is 14.6 Å². The Balaban J connectivity index is 2.68. The molecule has 8 heteroatoms. The number of ether oxygens (including phenoxy) is 1. The van der Waals surface area contributed by atoms with E-state index >= 15 is 0 Å². The molecule has 0 aliphatic carbocycles. The monoisotopic (exact) mass is 345 g/mol. The molecule has 0 amide bonds. The Morgan fingerprint density at radius 3 is 2.65 bits per heavy atom. The van der Waals surface area contributed by atoms with Crippen molar-refractivity contribution in [3.63, 3.8) is 0 Å².